The van der Waals surface area contributed by atoms with Gasteiger partial charge in [0.15, 0.2) is 11.6 Å². The van der Waals surface area contributed by atoms with E-state index in [4.69, 9.17) is 17.3 Å². The first-order valence-corrected chi connectivity index (χ1v) is 12.9. The Balaban J connectivity index is 1.22. The molecular formula is C25H26ClFN10O. The van der Waals surface area contributed by atoms with Crippen LogP contribution in [0.4, 0.5) is 15.0 Å². The first-order valence-electron chi connectivity index (χ1n) is 12.6. The second-order valence-corrected chi connectivity index (χ2v) is 9.96. The molecule has 3 aromatic heterocycles. The molecule has 5 heterocycles. The van der Waals surface area contributed by atoms with Gasteiger partial charge in [-0.05, 0) is 54.3 Å². The van der Waals surface area contributed by atoms with Gasteiger partial charge in [0.2, 0.25) is 0 Å². The molecule has 2 fully saturated rings. The molecule has 0 saturated carbocycles. The van der Waals surface area contributed by atoms with Gasteiger partial charge in [0.25, 0.3) is 0 Å². The van der Waals surface area contributed by atoms with Gasteiger partial charge in [0, 0.05) is 49.7 Å². The summed E-state index contributed by atoms with van der Waals surface area (Å²) in [6.45, 7) is 3.15. The van der Waals surface area contributed by atoms with Crippen molar-refractivity contribution in [2.75, 3.05) is 31.9 Å². The number of hydrogen-bond acceptors (Lipinski definition) is 7. The van der Waals surface area contributed by atoms with Crippen LogP contribution in [0, 0.1) is 5.82 Å². The van der Waals surface area contributed by atoms with Crippen molar-refractivity contribution in [3.05, 3.63) is 53.7 Å². The number of aromatic nitrogens is 7. The summed E-state index contributed by atoms with van der Waals surface area (Å²) in [4.78, 5) is 21.0. The number of carbonyl (C=O) groups is 1. The van der Waals surface area contributed by atoms with Crippen molar-refractivity contribution < 1.29 is 9.18 Å². The number of nitrogens with two attached hydrogens (primary N) is 1. The predicted molar refractivity (Wildman–Crippen MR) is 139 cm³/mol. The molecule has 13 heteroatoms. The largest absolute Gasteiger partial charge is 0.383 e. The number of rotatable bonds is 4. The zero-order valence-corrected chi connectivity index (χ0v) is 21.3. The smallest absolute Gasteiger partial charge is 0.319 e. The molecule has 2 saturated heterocycles. The second-order valence-electron chi connectivity index (χ2n) is 9.55. The highest BCUT2D eigenvalue weighted by atomic mass is 35.5. The molecule has 0 radical (unpaired) electrons. The van der Waals surface area contributed by atoms with Crippen molar-refractivity contribution in [3.8, 4) is 28.2 Å². The Morgan fingerprint density at radius 1 is 1.05 bits per heavy atom. The molecule has 0 unspecified atom stereocenters. The van der Waals surface area contributed by atoms with Crippen LogP contribution in [0.15, 0.2) is 42.9 Å². The SMILES string of the molecule is Nc1ncc(-c2cnn(C3CCN(C(=O)N4CCCC4)CC3)c2)cc1-c1nnnn1-c1cccc(Cl)c1F. The Hall–Kier alpha value is -4.06. The van der Waals surface area contributed by atoms with Crippen molar-refractivity contribution >= 4 is 23.4 Å². The lowest BCUT2D eigenvalue weighted by atomic mass is 10.1. The molecule has 0 aliphatic carbocycles. The number of hydrogen-bond donors (Lipinski definition) is 1. The summed E-state index contributed by atoms with van der Waals surface area (Å²) < 4.78 is 17.9. The maximum Gasteiger partial charge on any atom is 0.319 e. The van der Waals surface area contributed by atoms with Crippen LogP contribution < -0.4 is 5.73 Å². The molecule has 4 aromatic rings. The summed E-state index contributed by atoms with van der Waals surface area (Å²) in [5, 5.41) is 16.3. The van der Waals surface area contributed by atoms with E-state index in [1.54, 1.807) is 18.5 Å². The Kier molecular flexibility index (Phi) is 6.40. The Morgan fingerprint density at radius 2 is 1.82 bits per heavy atom. The predicted octanol–water partition coefficient (Wildman–Crippen LogP) is 3.82. The van der Waals surface area contributed by atoms with E-state index >= 15 is 0 Å². The molecule has 0 bridgehead atoms. The zero-order valence-electron chi connectivity index (χ0n) is 20.5. The van der Waals surface area contributed by atoms with Crippen LogP contribution in [0.3, 0.4) is 0 Å². The average Bonchev–Trinajstić information content (AvgIpc) is 3.72. The van der Waals surface area contributed by atoms with Crippen molar-refractivity contribution in [1.82, 2.24) is 44.8 Å². The van der Waals surface area contributed by atoms with Crippen LogP contribution >= 0.6 is 11.6 Å². The van der Waals surface area contributed by atoms with Gasteiger partial charge >= 0.3 is 6.03 Å². The van der Waals surface area contributed by atoms with Crippen LogP contribution in [0.5, 0.6) is 0 Å². The number of anilines is 1. The number of urea groups is 1. The number of piperidine rings is 1. The van der Waals surface area contributed by atoms with Gasteiger partial charge < -0.3 is 15.5 Å². The van der Waals surface area contributed by atoms with E-state index in [1.807, 2.05) is 26.7 Å². The highest BCUT2D eigenvalue weighted by Crippen LogP contribution is 2.32. The molecule has 38 heavy (non-hydrogen) atoms. The number of halogens is 2. The van der Waals surface area contributed by atoms with E-state index in [9.17, 15) is 9.18 Å². The Bertz CT molecular complexity index is 1470. The fourth-order valence-electron chi connectivity index (χ4n) is 5.10. The van der Waals surface area contributed by atoms with E-state index < -0.39 is 5.82 Å². The number of tetrazole rings is 1. The van der Waals surface area contributed by atoms with Crippen LogP contribution in [-0.4, -0.2) is 77.0 Å². The molecule has 2 aliphatic rings. The minimum atomic E-state index is -0.639. The lowest BCUT2D eigenvalue weighted by molar-refractivity contribution is 0.139. The maximum absolute atomic E-state index is 14.7. The lowest BCUT2D eigenvalue weighted by Gasteiger charge is -2.34. The van der Waals surface area contributed by atoms with Gasteiger partial charge in [-0.15, -0.1) is 5.10 Å². The zero-order chi connectivity index (χ0) is 26.2. The van der Waals surface area contributed by atoms with Crippen LogP contribution in [0.2, 0.25) is 5.02 Å². The van der Waals surface area contributed by atoms with E-state index in [1.165, 1.54) is 16.8 Å². The third-order valence-electron chi connectivity index (χ3n) is 7.21. The van der Waals surface area contributed by atoms with E-state index in [-0.39, 0.29) is 34.4 Å². The highest BCUT2D eigenvalue weighted by Gasteiger charge is 2.29. The number of carbonyl (C=O) groups excluding carboxylic acids is 1. The Labute approximate surface area is 223 Å². The lowest BCUT2D eigenvalue weighted by Crippen LogP contribution is -2.45. The number of nitrogen functional groups attached to an aromatic ring is 1. The molecule has 2 aliphatic heterocycles. The molecule has 196 valence electrons. The minimum absolute atomic E-state index is 0.0394. The number of pyridine rings is 1. The van der Waals surface area contributed by atoms with Gasteiger partial charge in [-0.3, -0.25) is 4.68 Å². The summed E-state index contributed by atoms with van der Waals surface area (Å²) in [6, 6.07) is 6.77. The summed E-state index contributed by atoms with van der Waals surface area (Å²) in [5.41, 5.74) is 8.35. The van der Waals surface area contributed by atoms with E-state index in [2.05, 4.69) is 25.6 Å². The highest BCUT2D eigenvalue weighted by molar-refractivity contribution is 6.30. The average molecular weight is 537 g/mol. The van der Waals surface area contributed by atoms with Gasteiger partial charge in [-0.1, -0.05) is 17.7 Å². The summed E-state index contributed by atoms with van der Waals surface area (Å²) in [6.07, 6.45) is 9.26. The third kappa shape index (κ3) is 4.44. The fourth-order valence-corrected chi connectivity index (χ4v) is 5.27. The number of benzene rings is 1. The third-order valence-corrected chi connectivity index (χ3v) is 7.50. The number of amides is 2. The normalized spacial score (nSPS) is 16.4. The van der Waals surface area contributed by atoms with Crippen molar-refractivity contribution in [1.29, 1.82) is 0 Å². The molecule has 0 atom stereocenters. The molecule has 0 spiro atoms. The molecule has 1 aromatic carbocycles. The minimum Gasteiger partial charge on any atom is -0.383 e. The molecule has 6 rings (SSSR count). The summed E-state index contributed by atoms with van der Waals surface area (Å²) in [7, 11) is 0. The fraction of sp³-hybridized carbons (Fsp3) is 0.360. The van der Waals surface area contributed by atoms with Crippen molar-refractivity contribution in [2.45, 2.75) is 31.7 Å². The van der Waals surface area contributed by atoms with Crippen molar-refractivity contribution in [3.63, 3.8) is 0 Å². The standard InChI is InChI=1S/C25H26ClFN10O/c26-20-4-3-5-21(22(20)27)37-24(31-32-33-37)19-12-16(13-29-23(19)28)17-14-30-36(15-17)18-6-10-35(11-7-18)25(38)34-8-1-2-9-34/h3-5,12-15,18H,1-2,6-11H2,(H2,28,29). The van der Waals surface area contributed by atoms with Gasteiger partial charge in [-0.2, -0.15) is 9.78 Å². The number of nitrogens with zero attached hydrogens (tertiary/aromatic N) is 9. The monoisotopic (exact) mass is 536 g/mol. The molecule has 2 N–H and O–H groups in total. The topological polar surface area (TPSA) is 124 Å². The molecule has 11 nitrogen and oxygen atoms in total. The summed E-state index contributed by atoms with van der Waals surface area (Å²) >= 11 is 5.96. The number of likely N-dealkylation sites (tertiary alicyclic amines) is 2. The molecular weight excluding hydrogens is 511 g/mol. The summed E-state index contributed by atoms with van der Waals surface area (Å²) in [5.74, 6) is -0.199. The van der Waals surface area contributed by atoms with Crippen LogP contribution in [0.25, 0.3) is 28.2 Å². The van der Waals surface area contributed by atoms with Crippen molar-refractivity contribution in [2.24, 2.45) is 0 Å². The quantitative estimate of drug-likeness (QED) is 0.420. The van der Waals surface area contributed by atoms with Crippen LogP contribution in [-0.2, 0) is 0 Å². The first-order chi connectivity index (χ1) is 18.5. The van der Waals surface area contributed by atoms with Gasteiger partial charge in [-0.25, -0.2) is 14.2 Å². The Morgan fingerprint density at radius 3 is 2.61 bits per heavy atom. The van der Waals surface area contributed by atoms with Gasteiger partial charge in [0.05, 0.1) is 22.8 Å². The van der Waals surface area contributed by atoms with Crippen LogP contribution in [0.1, 0.15) is 31.7 Å². The first kappa shape index (κ1) is 24.3. The van der Waals surface area contributed by atoms with Gasteiger partial charge in [0.1, 0.15) is 11.5 Å². The molecule has 2 amide bonds. The van der Waals surface area contributed by atoms with E-state index in [0.29, 0.717) is 18.7 Å². The maximum atomic E-state index is 14.7. The van der Waals surface area contributed by atoms with E-state index in [0.717, 1.165) is 49.9 Å². The second kappa shape index (κ2) is 10.0.